The van der Waals surface area contributed by atoms with Crippen LogP contribution in [0.3, 0.4) is 0 Å². The van der Waals surface area contributed by atoms with Crippen molar-refractivity contribution in [3.8, 4) is 0 Å². The van der Waals surface area contributed by atoms with E-state index in [4.69, 9.17) is 10.6 Å². The van der Waals surface area contributed by atoms with Gasteiger partial charge in [0.05, 0.1) is 27.5 Å². The van der Waals surface area contributed by atoms with Gasteiger partial charge in [-0.1, -0.05) is 13.8 Å². The van der Waals surface area contributed by atoms with Crippen LogP contribution in [0.25, 0.3) is 0 Å². The quantitative estimate of drug-likeness (QED) is 0.592. The highest BCUT2D eigenvalue weighted by atomic mass is 79.9. The lowest BCUT2D eigenvalue weighted by molar-refractivity contribution is -0.0477. The fraction of sp³-hybridized carbons (Fsp3) is 0.769. The summed E-state index contributed by atoms with van der Waals surface area (Å²) in [6, 6.07) is 0.0404. The SMILES string of the molecule is CCC(CC)(OC)C(Cc1c(Br)c(C)nn1C)NN. The van der Waals surface area contributed by atoms with Crippen LogP contribution >= 0.6 is 15.9 Å². The fourth-order valence-corrected chi connectivity index (χ4v) is 3.16. The second-order valence-electron chi connectivity index (χ2n) is 4.87. The Bertz CT molecular complexity index is 407. The highest BCUT2D eigenvalue weighted by Gasteiger charge is 2.36. The first kappa shape index (κ1) is 16.6. The third kappa shape index (κ3) is 3.18. The van der Waals surface area contributed by atoms with Crippen molar-refractivity contribution in [2.24, 2.45) is 12.9 Å². The summed E-state index contributed by atoms with van der Waals surface area (Å²) < 4.78 is 8.71. The molecule has 0 aliphatic heterocycles. The molecule has 1 aromatic rings. The lowest BCUT2D eigenvalue weighted by Gasteiger charge is -2.38. The molecule has 1 heterocycles. The van der Waals surface area contributed by atoms with Crippen LogP contribution in [0.15, 0.2) is 4.47 Å². The van der Waals surface area contributed by atoms with Crippen molar-refractivity contribution in [3.63, 3.8) is 0 Å². The molecular formula is C13H25BrN4O. The second-order valence-corrected chi connectivity index (χ2v) is 5.66. The minimum atomic E-state index is -0.258. The van der Waals surface area contributed by atoms with Crippen LogP contribution in [-0.2, 0) is 18.2 Å². The van der Waals surface area contributed by atoms with E-state index in [1.54, 1.807) is 7.11 Å². The van der Waals surface area contributed by atoms with Gasteiger partial charge in [0.25, 0.3) is 0 Å². The summed E-state index contributed by atoms with van der Waals surface area (Å²) >= 11 is 3.60. The average molecular weight is 333 g/mol. The van der Waals surface area contributed by atoms with Gasteiger partial charge in [-0.3, -0.25) is 16.0 Å². The molecule has 1 atom stereocenters. The Morgan fingerprint density at radius 2 is 2.05 bits per heavy atom. The zero-order valence-corrected chi connectivity index (χ0v) is 14.0. The molecule has 0 radical (unpaired) electrons. The number of hydrazine groups is 1. The molecule has 0 bridgehead atoms. The predicted octanol–water partition coefficient (Wildman–Crippen LogP) is 2.07. The fourth-order valence-electron chi connectivity index (χ4n) is 2.67. The zero-order chi connectivity index (χ0) is 14.6. The Kier molecular flexibility index (Phi) is 5.98. The number of rotatable bonds is 7. The molecule has 3 N–H and O–H groups in total. The molecule has 0 aromatic carbocycles. The van der Waals surface area contributed by atoms with E-state index < -0.39 is 0 Å². The number of halogens is 1. The molecule has 5 nitrogen and oxygen atoms in total. The largest absolute Gasteiger partial charge is 0.377 e. The number of nitrogens with one attached hydrogen (secondary N) is 1. The summed E-state index contributed by atoms with van der Waals surface area (Å²) in [5, 5.41) is 4.42. The van der Waals surface area contributed by atoms with E-state index in [1.807, 2.05) is 18.7 Å². The zero-order valence-electron chi connectivity index (χ0n) is 12.5. The van der Waals surface area contributed by atoms with Gasteiger partial charge >= 0.3 is 0 Å². The summed E-state index contributed by atoms with van der Waals surface area (Å²) in [5.74, 6) is 5.77. The smallest absolute Gasteiger partial charge is 0.0843 e. The molecule has 6 heteroatoms. The first-order valence-corrected chi connectivity index (χ1v) is 7.44. The van der Waals surface area contributed by atoms with Crippen LogP contribution in [0.4, 0.5) is 0 Å². The maximum atomic E-state index is 5.77. The molecule has 0 saturated heterocycles. The van der Waals surface area contributed by atoms with Crippen LogP contribution in [0, 0.1) is 6.92 Å². The summed E-state index contributed by atoms with van der Waals surface area (Å²) in [6.07, 6.45) is 2.58. The summed E-state index contributed by atoms with van der Waals surface area (Å²) in [6.45, 7) is 6.24. The lowest BCUT2D eigenvalue weighted by atomic mass is 9.85. The van der Waals surface area contributed by atoms with E-state index in [0.717, 1.165) is 35.1 Å². The topological polar surface area (TPSA) is 65.1 Å². The first-order chi connectivity index (χ1) is 8.95. The van der Waals surface area contributed by atoms with Crippen molar-refractivity contribution in [3.05, 3.63) is 15.9 Å². The maximum absolute atomic E-state index is 5.77. The third-order valence-corrected chi connectivity index (χ3v) is 5.13. The number of hydrogen-bond donors (Lipinski definition) is 2. The van der Waals surface area contributed by atoms with Crippen LogP contribution in [0.5, 0.6) is 0 Å². The first-order valence-electron chi connectivity index (χ1n) is 6.64. The van der Waals surface area contributed by atoms with E-state index >= 15 is 0 Å². The summed E-state index contributed by atoms with van der Waals surface area (Å²) in [4.78, 5) is 0. The second kappa shape index (κ2) is 6.83. The van der Waals surface area contributed by atoms with Gasteiger partial charge in [-0.05, 0) is 35.7 Å². The number of nitrogens with zero attached hydrogens (tertiary/aromatic N) is 2. The van der Waals surface area contributed by atoms with Crippen LogP contribution < -0.4 is 11.3 Å². The Hall–Kier alpha value is -0.430. The van der Waals surface area contributed by atoms with E-state index in [-0.39, 0.29) is 11.6 Å². The average Bonchev–Trinajstić information content (AvgIpc) is 2.65. The molecule has 0 aliphatic rings. The van der Waals surface area contributed by atoms with E-state index in [1.165, 1.54) is 0 Å². The molecule has 0 amide bonds. The molecule has 1 rings (SSSR count). The van der Waals surface area contributed by atoms with Crippen molar-refractivity contribution in [2.75, 3.05) is 7.11 Å². The standard InChI is InChI=1S/C13H25BrN4O/c1-6-13(7-2,19-5)11(16-15)8-10-12(14)9(3)17-18(10)4/h11,16H,6-8,15H2,1-5H3. The van der Waals surface area contributed by atoms with Crippen molar-refractivity contribution in [2.45, 2.75) is 51.7 Å². The van der Waals surface area contributed by atoms with Crippen molar-refractivity contribution in [1.29, 1.82) is 0 Å². The molecule has 1 aromatic heterocycles. The molecule has 0 saturated carbocycles. The minimum absolute atomic E-state index is 0.0404. The van der Waals surface area contributed by atoms with Crippen LogP contribution in [0.2, 0.25) is 0 Å². The molecule has 1 unspecified atom stereocenters. The van der Waals surface area contributed by atoms with Crippen molar-refractivity contribution >= 4 is 15.9 Å². The minimum Gasteiger partial charge on any atom is -0.377 e. The van der Waals surface area contributed by atoms with Gasteiger partial charge in [-0.15, -0.1) is 0 Å². The van der Waals surface area contributed by atoms with Gasteiger partial charge in [0.1, 0.15) is 0 Å². The lowest BCUT2D eigenvalue weighted by Crippen LogP contribution is -2.55. The van der Waals surface area contributed by atoms with Gasteiger partial charge in [0.15, 0.2) is 0 Å². The highest BCUT2D eigenvalue weighted by Crippen LogP contribution is 2.29. The molecule has 0 aliphatic carbocycles. The Labute approximate surface area is 124 Å². The van der Waals surface area contributed by atoms with Crippen LogP contribution in [-0.4, -0.2) is 28.5 Å². The Morgan fingerprint density at radius 1 is 1.47 bits per heavy atom. The number of ether oxygens (including phenoxy) is 1. The Morgan fingerprint density at radius 3 is 2.37 bits per heavy atom. The molecule has 0 fully saturated rings. The number of aromatic nitrogens is 2. The number of hydrogen-bond acceptors (Lipinski definition) is 4. The van der Waals surface area contributed by atoms with Gasteiger partial charge in [0.2, 0.25) is 0 Å². The van der Waals surface area contributed by atoms with E-state index in [9.17, 15) is 0 Å². The van der Waals surface area contributed by atoms with E-state index in [2.05, 4.69) is 40.3 Å². The number of methoxy groups -OCH3 is 1. The van der Waals surface area contributed by atoms with Gasteiger partial charge < -0.3 is 4.74 Å². The van der Waals surface area contributed by atoms with Crippen molar-refractivity contribution in [1.82, 2.24) is 15.2 Å². The van der Waals surface area contributed by atoms with E-state index in [0.29, 0.717) is 0 Å². The van der Waals surface area contributed by atoms with Gasteiger partial charge in [-0.25, -0.2) is 0 Å². The van der Waals surface area contributed by atoms with Crippen molar-refractivity contribution < 1.29 is 4.74 Å². The number of aryl methyl sites for hydroxylation is 2. The molecule has 19 heavy (non-hydrogen) atoms. The Balaban J connectivity index is 3.05. The van der Waals surface area contributed by atoms with Gasteiger partial charge in [-0.2, -0.15) is 5.10 Å². The summed E-state index contributed by atoms with van der Waals surface area (Å²) in [5.41, 5.74) is 4.78. The highest BCUT2D eigenvalue weighted by molar-refractivity contribution is 9.10. The molecule has 110 valence electrons. The third-order valence-electron chi connectivity index (χ3n) is 4.10. The molecule has 0 spiro atoms. The predicted molar refractivity (Wildman–Crippen MR) is 80.8 cm³/mol. The van der Waals surface area contributed by atoms with Crippen LogP contribution in [0.1, 0.15) is 38.1 Å². The molecular weight excluding hydrogens is 308 g/mol. The normalized spacial score (nSPS) is 13.8. The number of nitrogens with two attached hydrogens (primary N) is 1. The monoisotopic (exact) mass is 332 g/mol. The van der Waals surface area contributed by atoms with Gasteiger partial charge in [0, 0.05) is 20.6 Å². The maximum Gasteiger partial charge on any atom is 0.0843 e. The summed E-state index contributed by atoms with van der Waals surface area (Å²) in [7, 11) is 3.70.